The second-order valence-electron chi connectivity index (χ2n) is 5.95. The topological polar surface area (TPSA) is 79.0 Å². The van der Waals surface area contributed by atoms with Gasteiger partial charge in [0.05, 0.1) is 4.90 Å². The van der Waals surface area contributed by atoms with Crippen LogP contribution in [0.5, 0.6) is 0 Å². The highest BCUT2D eigenvalue weighted by Gasteiger charge is 2.16. The van der Waals surface area contributed by atoms with E-state index in [4.69, 9.17) is 0 Å². The van der Waals surface area contributed by atoms with E-state index in [0.717, 1.165) is 17.0 Å². The van der Waals surface area contributed by atoms with E-state index >= 15 is 0 Å². The van der Waals surface area contributed by atoms with Crippen LogP contribution < -0.4 is 10.3 Å². The molecule has 0 unspecified atom stereocenters. The summed E-state index contributed by atoms with van der Waals surface area (Å²) in [5.41, 5.74) is 1.91. The van der Waals surface area contributed by atoms with Crippen molar-refractivity contribution in [2.75, 3.05) is 0 Å². The molecule has 3 rings (SSSR count). The number of halogens is 1. The van der Waals surface area contributed by atoms with Gasteiger partial charge in [0.2, 0.25) is 10.0 Å². The quantitative estimate of drug-likeness (QED) is 0.751. The molecule has 0 aliphatic rings. The molecule has 1 aromatic heterocycles. The molecule has 0 fully saturated rings. The van der Waals surface area contributed by atoms with Crippen LogP contribution >= 0.6 is 0 Å². The number of pyridine rings is 1. The van der Waals surface area contributed by atoms with Gasteiger partial charge >= 0.3 is 0 Å². The van der Waals surface area contributed by atoms with Gasteiger partial charge in [0.25, 0.3) is 5.56 Å². The minimum absolute atomic E-state index is 0.0424. The minimum Gasteiger partial charge on any atom is -0.322 e. The van der Waals surface area contributed by atoms with Crippen LogP contribution in [0.2, 0.25) is 0 Å². The average Bonchev–Trinajstić information content (AvgIpc) is 2.55. The number of benzene rings is 2. The van der Waals surface area contributed by atoms with Crippen molar-refractivity contribution in [3.8, 4) is 0 Å². The first-order valence-corrected chi connectivity index (χ1v) is 9.13. The Bertz CT molecular complexity index is 1120. The predicted octanol–water partition coefficient (Wildman–Crippen LogP) is 2.76. The molecule has 0 aliphatic heterocycles. The Balaban J connectivity index is 1.88. The first-order chi connectivity index (χ1) is 11.8. The molecule has 0 spiro atoms. The summed E-state index contributed by atoms with van der Waals surface area (Å²) in [4.78, 5) is 14.9. The molecule has 3 aromatic rings. The SMILES string of the molecule is Cc1ccc2cc(CNS(=O)(=O)c3ccc(F)c(C)c3)c(=O)[nH]c2c1. The maximum atomic E-state index is 13.3. The van der Waals surface area contributed by atoms with E-state index in [1.807, 2.05) is 25.1 Å². The molecule has 2 aromatic carbocycles. The third-order valence-electron chi connectivity index (χ3n) is 3.97. The molecule has 0 saturated carbocycles. The summed E-state index contributed by atoms with van der Waals surface area (Å²) in [7, 11) is -3.84. The summed E-state index contributed by atoms with van der Waals surface area (Å²) >= 11 is 0. The molecule has 0 amide bonds. The fourth-order valence-electron chi connectivity index (χ4n) is 2.53. The third-order valence-corrected chi connectivity index (χ3v) is 5.37. The molecule has 0 atom stereocenters. The fourth-order valence-corrected chi connectivity index (χ4v) is 3.62. The molecule has 5 nitrogen and oxygen atoms in total. The zero-order chi connectivity index (χ0) is 18.2. The van der Waals surface area contributed by atoms with Gasteiger partial charge in [-0.3, -0.25) is 4.79 Å². The lowest BCUT2D eigenvalue weighted by atomic mass is 10.1. The Morgan fingerprint density at radius 3 is 2.56 bits per heavy atom. The van der Waals surface area contributed by atoms with Crippen molar-refractivity contribution < 1.29 is 12.8 Å². The second-order valence-corrected chi connectivity index (χ2v) is 7.72. The highest BCUT2D eigenvalue weighted by molar-refractivity contribution is 7.89. The molecular weight excluding hydrogens is 343 g/mol. The standard InChI is InChI=1S/C18H17FN2O3S/c1-11-3-4-13-9-14(18(22)21-17(13)7-11)10-20-25(23,24)15-5-6-16(19)12(2)8-15/h3-9,20H,10H2,1-2H3,(H,21,22). The molecule has 130 valence electrons. The van der Waals surface area contributed by atoms with Crippen molar-refractivity contribution in [3.63, 3.8) is 0 Å². The van der Waals surface area contributed by atoms with Gasteiger partial charge in [0, 0.05) is 17.6 Å². The van der Waals surface area contributed by atoms with Crippen LogP contribution in [-0.2, 0) is 16.6 Å². The second kappa shape index (κ2) is 6.42. The highest BCUT2D eigenvalue weighted by atomic mass is 32.2. The molecule has 0 radical (unpaired) electrons. The van der Waals surface area contributed by atoms with Gasteiger partial charge in [-0.25, -0.2) is 17.5 Å². The van der Waals surface area contributed by atoms with Gasteiger partial charge in [0.1, 0.15) is 5.82 Å². The van der Waals surface area contributed by atoms with Crippen LogP contribution in [0.25, 0.3) is 10.9 Å². The van der Waals surface area contributed by atoms with Crippen LogP contribution in [0, 0.1) is 19.7 Å². The minimum atomic E-state index is -3.84. The van der Waals surface area contributed by atoms with Crippen LogP contribution in [0.1, 0.15) is 16.7 Å². The third kappa shape index (κ3) is 3.62. The smallest absolute Gasteiger partial charge is 0.252 e. The van der Waals surface area contributed by atoms with Crippen molar-refractivity contribution in [1.82, 2.24) is 9.71 Å². The number of fused-ring (bicyclic) bond motifs is 1. The number of hydrogen-bond donors (Lipinski definition) is 2. The lowest BCUT2D eigenvalue weighted by Gasteiger charge is -2.08. The zero-order valence-corrected chi connectivity index (χ0v) is 14.6. The van der Waals surface area contributed by atoms with Gasteiger partial charge in [-0.15, -0.1) is 0 Å². The number of H-pyrrole nitrogens is 1. The summed E-state index contributed by atoms with van der Waals surface area (Å²) in [6.07, 6.45) is 0. The number of aromatic amines is 1. The summed E-state index contributed by atoms with van der Waals surface area (Å²) in [5, 5.41) is 0.817. The molecule has 0 saturated heterocycles. The van der Waals surface area contributed by atoms with Crippen molar-refractivity contribution in [2.45, 2.75) is 25.3 Å². The van der Waals surface area contributed by atoms with Crippen LogP contribution in [-0.4, -0.2) is 13.4 Å². The van der Waals surface area contributed by atoms with Crippen molar-refractivity contribution >= 4 is 20.9 Å². The van der Waals surface area contributed by atoms with Crippen molar-refractivity contribution in [2.24, 2.45) is 0 Å². The van der Waals surface area contributed by atoms with E-state index in [9.17, 15) is 17.6 Å². The first-order valence-electron chi connectivity index (χ1n) is 7.65. The lowest BCUT2D eigenvalue weighted by Crippen LogP contribution is -2.27. The van der Waals surface area contributed by atoms with E-state index in [1.165, 1.54) is 19.1 Å². The molecule has 0 aliphatic carbocycles. The molecule has 0 bridgehead atoms. The number of rotatable bonds is 4. The average molecular weight is 360 g/mol. The van der Waals surface area contributed by atoms with E-state index in [0.29, 0.717) is 11.1 Å². The van der Waals surface area contributed by atoms with Gasteiger partial charge in [-0.05, 0) is 60.7 Å². The van der Waals surface area contributed by atoms with E-state index < -0.39 is 15.8 Å². The predicted molar refractivity (Wildman–Crippen MR) is 94.5 cm³/mol. The van der Waals surface area contributed by atoms with Gasteiger partial charge in [0.15, 0.2) is 0 Å². The van der Waals surface area contributed by atoms with Gasteiger partial charge < -0.3 is 4.98 Å². The normalized spacial score (nSPS) is 11.8. The number of nitrogens with one attached hydrogen (secondary N) is 2. The maximum Gasteiger partial charge on any atom is 0.252 e. The molecular formula is C18H17FN2O3S. The van der Waals surface area contributed by atoms with E-state index in [2.05, 4.69) is 9.71 Å². The molecule has 2 N–H and O–H groups in total. The van der Waals surface area contributed by atoms with Crippen molar-refractivity contribution in [1.29, 1.82) is 0 Å². The van der Waals surface area contributed by atoms with Gasteiger partial charge in [-0.2, -0.15) is 0 Å². The Morgan fingerprint density at radius 2 is 1.84 bits per heavy atom. The number of aromatic nitrogens is 1. The monoisotopic (exact) mass is 360 g/mol. The Labute approximate surface area is 144 Å². The Morgan fingerprint density at radius 1 is 1.08 bits per heavy atom. The fraction of sp³-hybridized carbons (Fsp3) is 0.167. The lowest BCUT2D eigenvalue weighted by molar-refractivity contribution is 0.579. The first kappa shape index (κ1) is 17.3. The number of hydrogen-bond acceptors (Lipinski definition) is 3. The summed E-state index contributed by atoms with van der Waals surface area (Å²) in [6, 6.07) is 10.8. The molecule has 7 heteroatoms. The molecule has 25 heavy (non-hydrogen) atoms. The maximum absolute atomic E-state index is 13.3. The number of aryl methyl sites for hydroxylation is 2. The number of sulfonamides is 1. The Kier molecular flexibility index (Phi) is 4.45. The molecule has 1 heterocycles. The van der Waals surface area contributed by atoms with Crippen LogP contribution in [0.4, 0.5) is 4.39 Å². The van der Waals surface area contributed by atoms with Crippen LogP contribution in [0.3, 0.4) is 0 Å². The largest absolute Gasteiger partial charge is 0.322 e. The Hall–Kier alpha value is -2.51. The summed E-state index contributed by atoms with van der Waals surface area (Å²) in [5.74, 6) is -0.472. The van der Waals surface area contributed by atoms with Crippen molar-refractivity contribution in [3.05, 3.63) is 75.3 Å². The van der Waals surface area contributed by atoms with E-state index in [1.54, 1.807) is 6.07 Å². The van der Waals surface area contributed by atoms with E-state index in [-0.39, 0.29) is 22.6 Å². The highest BCUT2D eigenvalue weighted by Crippen LogP contribution is 2.16. The zero-order valence-electron chi connectivity index (χ0n) is 13.8. The summed E-state index contributed by atoms with van der Waals surface area (Å²) in [6.45, 7) is 3.26. The van der Waals surface area contributed by atoms with Crippen LogP contribution in [0.15, 0.2) is 52.2 Å². The van der Waals surface area contributed by atoms with Gasteiger partial charge in [-0.1, -0.05) is 12.1 Å². The summed E-state index contributed by atoms with van der Waals surface area (Å²) < 4.78 is 40.4.